The number of methoxy groups -OCH3 is 1. The van der Waals surface area contributed by atoms with Crippen molar-refractivity contribution in [3.05, 3.63) is 33.3 Å². The van der Waals surface area contributed by atoms with Gasteiger partial charge in [0.15, 0.2) is 0 Å². The lowest BCUT2D eigenvalue weighted by atomic mass is 9.97. The smallest absolute Gasteiger partial charge is 0.311 e. The highest BCUT2D eigenvalue weighted by Crippen LogP contribution is 2.30. The van der Waals surface area contributed by atoms with Crippen LogP contribution in [0.2, 0.25) is 5.02 Å². The normalized spacial score (nSPS) is 14.3. The van der Waals surface area contributed by atoms with Gasteiger partial charge in [-0.3, -0.25) is 4.79 Å². The second-order valence-corrected chi connectivity index (χ2v) is 4.75. The Bertz CT molecular complexity index is 395. The van der Waals surface area contributed by atoms with E-state index in [0.29, 0.717) is 10.6 Å². The predicted molar refractivity (Wildman–Crippen MR) is 65.3 cm³/mol. The van der Waals surface area contributed by atoms with Gasteiger partial charge in [0.2, 0.25) is 0 Å². The van der Waals surface area contributed by atoms with Crippen LogP contribution in [0.5, 0.6) is 0 Å². The largest absolute Gasteiger partial charge is 0.469 e. The van der Waals surface area contributed by atoms with E-state index in [1.807, 2.05) is 0 Å². The maximum absolute atomic E-state index is 11.3. The van der Waals surface area contributed by atoms with Crippen LogP contribution in [0.4, 0.5) is 0 Å². The Morgan fingerprint density at radius 3 is 2.69 bits per heavy atom. The standard InChI is InChI=1S/C11H12BrClO3/c1-6(11(15)16-2)10(14)8-4-3-7(12)5-9(8)13/h3-6,10,14H,1-2H3. The molecule has 0 radical (unpaired) electrons. The molecule has 0 saturated carbocycles. The number of halogens is 2. The van der Waals surface area contributed by atoms with Crippen molar-refractivity contribution < 1.29 is 14.6 Å². The lowest BCUT2D eigenvalue weighted by Crippen LogP contribution is -2.20. The molecular formula is C11H12BrClO3. The summed E-state index contributed by atoms with van der Waals surface area (Å²) in [5, 5.41) is 10.4. The second-order valence-electron chi connectivity index (χ2n) is 3.42. The van der Waals surface area contributed by atoms with Gasteiger partial charge < -0.3 is 9.84 Å². The van der Waals surface area contributed by atoms with Crippen molar-refractivity contribution in [2.75, 3.05) is 7.11 Å². The lowest BCUT2D eigenvalue weighted by molar-refractivity contribution is -0.148. The van der Waals surface area contributed by atoms with E-state index in [0.717, 1.165) is 4.47 Å². The molecule has 2 unspecified atom stereocenters. The second kappa shape index (κ2) is 5.66. The number of carbonyl (C=O) groups excluding carboxylic acids is 1. The zero-order valence-corrected chi connectivity index (χ0v) is 11.2. The monoisotopic (exact) mass is 306 g/mol. The Morgan fingerprint density at radius 1 is 1.56 bits per heavy atom. The predicted octanol–water partition coefficient (Wildman–Crippen LogP) is 2.95. The molecule has 0 spiro atoms. The van der Waals surface area contributed by atoms with E-state index in [1.165, 1.54) is 7.11 Å². The molecular weight excluding hydrogens is 295 g/mol. The van der Waals surface area contributed by atoms with Crippen molar-refractivity contribution in [3.8, 4) is 0 Å². The zero-order valence-electron chi connectivity index (χ0n) is 8.91. The average molecular weight is 308 g/mol. The van der Waals surface area contributed by atoms with E-state index in [-0.39, 0.29) is 0 Å². The number of aliphatic hydroxyl groups is 1. The Labute approximate surface area is 107 Å². The molecule has 0 heterocycles. The summed E-state index contributed by atoms with van der Waals surface area (Å²) < 4.78 is 5.39. The number of hydrogen-bond donors (Lipinski definition) is 1. The molecule has 0 saturated heterocycles. The van der Waals surface area contributed by atoms with Gasteiger partial charge in [-0.15, -0.1) is 0 Å². The van der Waals surface area contributed by atoms with Gasteiger partial charge in [0, 0.05) is 15.1 Å². The first-order valence-electron chi connectivity index (χ1n) is 4.68. The van der Waals surface area contributed by atoms with Crippen molar-refractivity contribution in [2.45, 2.75) is 13.0 Å². The molecule has 0 aliphatic rings. The summed E-state index contributed by atoms with van der Waals surface area (Å²) in [7, 11) is 1.29. The first-order chi connectivity index (χ1) is 7.47. The van der Waals surface area contributed by atoms with Gasteiger partial charge in [-0.05, 0) is 19.1 Å². The van der Waals surface area contributed by atoms with E-state index in [4.69, 9.17) is 11.6 Å². The van der Waals surface area contributed by atoms with Crippen LogP contribution in [0.1, 0.15) is 18.6 Å². The molecule has 0 amide bonds. The van der Waals surface area contributed by atoms with Crippen LogP contribution < -0.4 is 0 Å². The molecule has 3 nitrogen and oxygen atoms in total. The minimum atomic E-state index is -0.965. The lowest BCUT2D eigenvalue weighted by Gasteiger charge is -2.18. The van der Waals surface area contributed by atoms with Gasteiger partial charge in [0.25, 0.3) is 0 Å². The maximum atomic E-state index is 11.3. The molecule has 0 fully saturated rings. The van der Waals surface area contributed by atoms with E-state index >= 15 is 0 Å². The van der Waals surface area contributed by atoms with Crippen LogP contribution in [0, 0.1) is 5.92 Å². The van der Waals surface area contributed by atoms with Gasteiger partial charge in [0.05, 0.1) is 19.1 Å². The summed E-state index contributed by atoms with van der Waals surface area (Å²) in [5.41, 5.74) is 0.516. The minimum Gasteiger partial charge on any atom is -0.469 e. The number of ether oxygens (including phenoxy) is 1. The van der Waals surface area contributed by atoms with Crippen LogP contribution >= 0.6 is 27.5 Å². The Morgan fingerprint density at radius 2 is 2.19 bits per heavy atom. The minimum absolute atomic E-state index is 0.414. The van der Waals surface area contributed by atoms with E-state index in [2.05, 4.69) is 20.7 Å². The summed E-state index contributed by atoms with van der Waals surface area (Å²) in [6, 6.07) is 5.11. The van der Waals surface area contributed by atoms with E-state index < -0.39 is 18.0 Å². The molecule has 0 aliphatic heterocycles. The summed E-state index contributed by atoms with van der Waals surface area (Å²) in [6.45, 7) is 1.59. The van der Waals surface area contributed by atoms with Crippen molar-refractivity contribution in [1.82, 2.24) is 0 Å². The molecule has 16 heavy (non-hydrogen) atoms. The van der Waals surface area contributed by atoms with Crippen LogP contribution in [0.15, 0.2) is 22.7 Å². The van der Waals surface area contributed by atoms with Crippen molar-refractivity contribution in [1.29, 1.82) is 0 Å². The van der Waals surface area contributed by atoms with Gasteiger partial charge in [-0.1, -0.05) is 33.6 Å². The topological polar surface area (TPSA) is 46.5 Å². The number of benzene rings is 1. The highest BCUT2D eigenvalue weighted by atomic mass is 79.9. The Balaban J connectivity index is 2.96. The maximum Gasteiger partial charge on any atom is 0.311 e. The highest BCUT2D eigenvalue weighted by Gasteiger charge is 2.25. The zero-order chi connectivity index (χ0) is 12.3. The molecule has 2 atom stereocenters. The first kappa shape index (κ1) is 13.5. The molecule has 0 bridgehead atoms. The van der Waals surface area contributed by atoms with Crippen LogP contribution in [0.25, 0.3) is 0 Å². The Kier molecular flexibility index (Phi) is 4.77. The fourth-order valence-electron chi connectivity index (χ4n) is 1.33. The number of hydrogen-bond acceptors (Lipinski definition) is 3. The molecule has 0 aliphatic carbocycles. The van der Waals surface area contributed by atoms with Crippen LogP contribution in [-0.4, -0.2) is 18.2 Å². The van der Waals surface area contributed by atoms with Gasteiger partial charge in [-0.25, -0.2) is 0 Å². The van der Waals surface area contributed by atoms with Crippen LogP contribution in [0.3, 0.4) is 0 Å². The highest BCUT2D eigenvalue weighted by molar-refractivity contribution is 9.10. The quantitative estimate of drug-likeness (QED) is 0.873. The van der Waals surface area contributed by atoms with E-state index in [1.54, 1.807) is 25.1 Å². The molecule has 5 heteroatoms. The summed E-state index contributed by atoms with van der Waals surface area (Å²) in [5.74, 6) is -1.12. The number of rotatable bonds is 3. The SMILES string of the molecule is COC(=O)C(C)C(O)c1ccc(Br)cc1Cl. The van der Waals surface area contributed by atoms with Gasteiger partial charge in [0.1, 0.15) is 0 Å². The molecule has 1 aromatic carbocycles. The summed E-state index contributed by atoms with van der Waals surface area (Å²) >= 11 is 9.24. The van der Waals surface area contributed by atoms with Gasteiger partial charge >= 0.3 is 5.97 Å². The van der Waals surface area contributed by atoms with Crippen molar-refractivity contribution >= 4 is 33.5 Å². The molecule has 1 aromatic rings. The van der Waals surface area contributed by atoms with Gasteiger partial charge in [-0.2, -0.15) is 0 Å². The number of carbonyl (C=O) groups is 1. The van der Waals surface area contributed by atoms with Crippen LogP contribution in [-0.2, 0) is 9.53 Å². The third-order valence-electron chi connectivity index (χ3n) is 2.33. The van der Waals surface area contributed by atoms with Crippen molar-refractivity contribution in [2.24, 2.45) is 5.92 Å². The summed E-state index contributed by atoms with van der Waals surface area (Å²) in [6.07, 6.45) is -0.965. The number of esters is 1. The molecule has 1 rings (SSSR count). The summed E-state index contributed by atoms with van der Waals surface area (Å²) in [4.78, 5) is 11.3. The molecule has 88 valence electrons. The first-order valence-corrected chi connectivity index (χ1v) is 5.85. The third-order valence-corrected chi connectivity index (χ3v) is 3.15. The fourth-order valence-corrected chi connectivity index (χ4v) is 2.11. The van der Waals surface area contributed by atoms with Crippen molar-refractivity contribution in [3.63, 3.8) is 0 Å². The molecule has 0 aromatic heterocycles. The third kappa shape index (κ3) is 2.97. The number of aliphatic hydroxyl groups excluding tert-OH is 1. The fraction of sp³-hybridized carbons (Fsp3) is 0.364. The average Bonchev–Trinajstić information content (AvgIpc) is 2.26. The Hall–Kier alpha value is -0.580. The molecule has 1 N–H and O–H groups in total. The van der Waals surface area contributed by atoms with E-state index in [9.17, 15) is 9.90 Å².